The number of para-hydroxylation sites is 1. The van der Waals surface area contributed by atoms with Crippen molar-refractivity contribution < 1.29 is 18.8 Å². The van der Waals surface area contributed by atoms with Crippen LogP contribution in [0.25, 0.3) is 22.0 Å². The van der Waals surface area contributed by atoms with E-state index in [0.29, 0.717) is 33.5 Å². The van der Waals surface area contributed by atoms with E-state index in [2.05, 4.69) is 10.4 Å². The van der Waals surface area contributed by atoms with Crippen LogP contribution in [0.2, 0.25) is 5.02 Å². The van der Waals surface area contributed by atoms with E-state index in [1.807, 2.05) is 13.0 Å². The number of nitrogens with one attached hydrogen (secondary N) is 1. The molecule has 3 atom stereocenters. The van der Waals surface area contributed by atoms with Crippen molar-refractivity contribution in [2.45, 2.75) is 38.4 Å². The minimum Gasteiger partial charge on any atom is -0.364 e. The van der Waals surface area contributed by atoms with Crippen molar-refractivity contribution in [3.63, 3.8) is 0 Å². The Hall–Kier alpha value is -4.24. The summed E-state index contributed by atoms with van der Waals surface area (Å²) in [5, 5.41) is 8.05. The van der Waals surface area contributed by atoms with Gasteiger partial charge in [-0.2, -0.15) is 5.10 Å². The number of hydrogen-bond donors (Lipinski definition) is 2. The van der Waals surface area contributed by atoms with Gasteiger partial charge in [0.25, 0.3) is 5.91 Å². The molecule has 8 nitrogen and oxygen atoms in total. The second kappa shape index (κ2) is 9.50. The lowest BCUT2D eigenvalue weighted by atomic mass is 10.0. The zero-order valence-corrected chi connectivity index (χ0v) is 21.8. The Morgan fingerprint density at radius 2 is 1.85 bits per heavy atom. The number of anilines is 1. The number of nitrogens with two attached hydrogens (primary N) is 1. The highest BCUT2D eigenvalue weighted by molar-refractivity contribution is 6.33. The Kier molecular flexibility index (Phi) is 6.10. The minimum atomic E-state index is -0.764. The molecule has 4 aromatic rings. The van der Waals surface area contributed by atoms with Gasteiger partial charge < -0.3 is 16.0 Å². The number of primary amides is 1. The molecule has 1 unspecified atom stereocenters. The van der Waals surface area contributed by atoms with Crippen molar-refractivity contribution in [3.05, 3.63) is 82.8 Å². The smallest absolute Gasteiger partial charge is 0.269 e. The van der Waals surface area contributed by atoms with Crippen LogP contribution in [0.4, 0.5) is 10.1 Å². The topological polar surface area (TPSA) is 110 Å². The first-order chi connectivity index (χ1) is 18.7. The number of benzene rings is 3. The molecule has 1 saturated heterocycles. The van der Waals surface area contributed by atoms with Crippen molar-refractivity contribution in [3.8, 4) is 11.1 Å². The summed E-state index contributed by atoms with van der Waals surface area (Å²) in [6.45, 7) is 1.73. The first-order valence-electron chi connectivity index (χ1n) is 12.7. The molecule has 0 radical (unpaired) electrons. The summed E-state index contributed by atoms with van der Waals surface area (Å²) >= 11 is 6.36. The summed E-state index contributed by atoms with van der Waals surface area (Å²) in [5.74, 6) is -1.84. The number of carbonyl (C=O) groups excluding carboxylic acids is 3. The molecule has 6 rings (SSSR count). The zero-order valence-electron chi connectivity index (χ0n) is 21.0. The lowest BCUT2D eigenvalue weighted by molar-refractivity contribution is -0.138. The number of likely N-dealkylation sites (tertiary alicyclic amines) is 1. The van der Waals surface area contributed by atoms with Crippen LogP contribution in [0.3, 0.4) is 0 Å². The molecule has 0 spiro atoms. The average Bonchev–Trinajstić information content (AvgIpc) is 3.41. The standard InChI is InChI=1S/C29H25ClFN5O3/c1-15-9-10-22-19(11-15)27(28(32)38)34-35(22)14-25(37)36-23-12-16(23)13-24(36)29(39)33-26-18(6-4-8-21(26)31)17-5-2-3-7-20(17)30/h2-11,16,23-24H,12-14H2,1H3,(H2,32,38)(H,33,39)/t16?,23-,24+/m1/s1. The zero-order chi connectivity index (χ0) is 27.4. The Bertz CT molecular complexity index is 1670. The molecule has 1 aliphatic heterocycles. The van der Waals surface area contributed by atoms with Gasteiger partial charge in [0, 0.05) is 27.6 Å². The molecule has 1 saturated carbocycles. The lowest BCUT2D eigenvalue weighted by Crippen LogP contribution is -2.47. The third kappa shape index (κ3) is 4.42. The fraction of sp³-hybridized carbons (Fsp3) is 0.241. The first kappa shape index (κ1) is 25.1. The van der Waals surface area contributed by atoms with Gasteiger partial charge in [-0.15, -0.1) is 0 Å². The van der Waals surface area contributed by atoms with Gasteiger partial charge in [-0.1, -0.05) is 53.6 Å². The van der Waals surface area contributed by atoms with E-state index in [0.717, 1.165) is 12.0 Å². The third-order valence-electron chi connectivity index (χ3n) is 7.55. The Labute approximate surface area is 228 Å². The van der Waals surface area contributed by atoms with E-state index in [4.69, 9.17) is 17.3 Å². The van der Waals surface area contributed by atoms with Gasteiger partial charge in [-0.25, -0.2) is 4.39 Å². The van der Waals surface area contributed by atoms with Gasteiger partial charge >= 0.3 is 0 Å². The highest BCUT2D eigenvalue weighted by Crippen LogP contribution is 2.48. The quantitative estimate of drug-likeness (QED) is 0.371. The number of nitrogens with zero attached hydrogens (tertiary/aromatic N) is 3. The first-order valence-corrected chi connectivity index (χ1v) is 13.0. The Balaban J connectivity index is 1.28. The van der Waals surface area contributed by atoms with Gasteiger partial charge in [-0.05, 0) is 49.9 Å². The number of fused-ring (bicyclic) bond motifs is 2. The summed E-state index contributed by atoms with van der Waals surface area (Å²) < 4.78 is 16.5. The van der Waals surface area contributed by atoms with E-state index >= 15 is 4.39 Å². The molecule has 198 valence electrons. The van der Waals surface area contributed by atoms with Crippen LogP contribution in [-0.2, 0) is 16.1 Å². The number of aromatic nitrogens is 2. The monoisotopic (exact) mass is 545 g/mol. The number of hydrogen-bond acceptors (Lipinski definition) is 4. The van der Waals surface area contributed by atoms with Crippen molar-refractivity contribution in [1.29, 1.82) is 0 Å². The third-order valence-corrected chi connectivity index (χ3v) is 7.87. The van der Waals surface area contributed by atoms with Crippen molar-refractivity contribution in [1.82, 2.24) is 14.7 Å². The van der Waals surface area contributed by atoms with E-state index in [9.17, 15) is 14.4 Å². The van der Waals surface area contributed by atoms with Crippen LogP contribution in [0.15, 0.2) is 60.7 Å². The van der Waals surface area contributed by atoms with Crippen LogP contribution < -0.4 is 11.1 Å². The van der Waals surface area contributed by atoms with E-state index in [1.165, 1.54) is 10.7 Å². The van der Waals surface area contributed by atoms with Crippen LogP contribution in [0, 0.1) is 18.7 Å². The maximum atomic E-state index is 15.0. The SMILES string of the molecule is Cc1ccc2c(c1)c(C(N)=O)nn2CC(=O)N1[C@@H]2CC2C[C@H]1C(=O)Nc1c(F)cccc1-c1ccccc1Cl. The number of aryl methyl sites for hydroxylation is 1. The number of carbonyl (C=O) groups is 3. The molecule has 3 N–H and O–H groups in total. The Morgan fingerprint density at radius 3 is 2.62 bits per heavy atom. The maximum Gasteiger partial charge on any atom is 0.269 e. The molecular formula is C29H25ClFN5O3. The predicted octanol–water partition coefficient (Wildman–Crippen LogP) is 4.53. The molecule has 2 aliphatic rings. The van der Waals surface area contributed by atoms with Crippen molar-refractivity contribution in [2.24, 2.45) is 11.7 Å². The predicted molar refractivity (Wildman–Crippen MR) is 146 cm³/mol. The van der Waals surface area contributed by atoms with Crippen molar-refractivity contribution >= 4 is 45.9 Å². The summed E-state index contributed by atoms with van der Waals surface area (Å²) in [6, 6.07) is 16.2. The van der Waals surface area contributed by atoms with Crippen LogP contribution in [0.5, 0.6) is 0 Å². The molecule has 3 amide bonds. The largest absolute Gasteiger partial charge is 0.364 e. The number of piperidine rings is 1. The number of amides is 3. The van der Waals surface area contributed by atoms with Gasteiger partial charge in [-0.3, -0.25) is 19.1 Å². The molecule has 2 heterocycles. The van der Waals surface area contributed by atoms with Crippen LogP contribution in [-0.4, -0.2) is 44.5 Å². The summed E-state index contributed by atoms with van der Waals surface area (Å²) in [6.07, 6.45) is 1.30. The molecule has 1 aromatic heterocycles. The summed E-state index contributed by atoms with van der Waals surface area (Å²) in [5.41, 5.74) is 8.21. The molecule has 39 heavy (non-hydrogen) atoms. The molecule has 10 heteroatoms. The van der Waals surface area contributed by atoms with Gasteiger partial charge in [0.05, 0.1) is 11.2 Å². The highest BCUT2D eigenvalue weighted by Gasteiger charge is 2.56. The summed E-state index contributed by atoms with van der Waals surface area (Å²) in [7, 11) is 0. The second-order valence-corrected chi connectivity index (χ2v) is 10.5. The van der Waals surface area contributed by atoms with E-state index in [-0.39, 0.29) is 35.8 Å². The van der Waals surface area contributed by atoms with E-state index < -0.39 is 23.7 Å². The minimum absolute atomic E-state index is 0.0168. The maximum absolute atomic E-state index is 15.0. The summed E-state index contributed by atoms with van der Waals surface area (Å²) in [4.78, 5) is 40.7. The number of rotatable bonds is 6. The molecular weight excluding hydrogens is 521 g/mol. The second-order valence-electron chi connectivity index (χ2n) is 10.1. The molecule has 1 aliphatic carbocycles. The molecule has 0 bridgehead atoms. The Morgan fingerprint density at radius 1 is 1.08 bits per heavy atom. The van der Waals surface area contributed by atoms with Gasteiger partial charge in [0.15, 0.2) is 5.69 Å². The fourth-order valence-electron chi connectivity index (χ4n) is 5.62. The van der Waals surface area contributed by atoms with Crippen LogP contribution in [0.1, 0.15) is 28.9 Å². The highest BCUT2D eigenvalue weighted by atomic mass is 35.5. The fourth-order valence-corrected chi connectivity index (χ4v) is 5.85. The average molecular weight is 546 g/mol. The lowest BCUT2D eigenvalue weighted by Gasteiger charge is -2.27. The molecule has 2 fully saturated rings. The number of halogens is 2. The molecule has 3 aromatic carbocycles. The van der Waals surface area contributed by atoms with Gasteiger partial charge in [0.2, 0.25) is 11.8 Å². The van der Waals surface area contributed by atoms with E-state index in [1.54, 1.807) is 53.4 Å². The van der Waals surface area contributed by atoms with Crippen molar-refractivity contribution in [2.75, 3.05) is 5.32 Å². The van der Waals surface area contributed by atoms with Gasteiger partial charge in [0.1, 0.15) is 18.4 Å². The van der Waals surface area contributed by atoms with Crippen LogP contribution >= 0.6 is 11.6 Å². The normalized spacial score (nSPS) is 19.7.